The van der Waals surface area contributed by atoms with Gasteiger partial charge in [0.1, 0.15) is 0 Å². The summed E-state index contributed by atoms with van der Waals surface area (Å²) >= 11 is 0. The summed E-state index contributed by atoms with van der Waals surface area (Å²) in [6, 6.07) is 2.85. The molecule has 0 radical (unpaired) electrons. The summed E-state index contributed by atoms with van der Waals surface area (Å²) in [5, 5.41) is 5.88. The maximum atomic E-state index is 13.3. The molecule has 0 unspecified atom stereocenters. The Bertz CT molecular complexity index is 680. The largest absolute Gasteiger partial charge is 0.416 e. The Balaban J connectivity index is 1.60. The third kappa shape index (κ3) is 2.69. The molecule has 1 spiro atoms. The second kappa shape index (κ2) is 5.46. The second-order valence-electron chi connectivity index (χ2n) is 7.24. The molecule has 3 aliphatic heterocycles. The van der Waals surface area contributed by atoms with Gasteiger partial charge in [0, 0.05) is 31.7 Å². The Labute approximate surface area is 138 Å². The summed E-state index contributed by atoms with van der Waals surface area (Å²) in [5.74, 6) is -0.407. The van der Waals surface area contributed by atoms with Crippen LogP contribution in [-0.4, -0.2) is 37.0 Å². The van der Waals surface area contributed by atoms with Crippen LogP contribution < -0.4 is 10.6 Å². The predicted octanol–water partition coefficient (Wildman–Crippen LogP) is 2.13. The minimum absolute atomic E-state index is 0.0399. The zero-order valence-corrected chi connectivity index (χ0v) is 13.3. The molecule has 24 heavy (non-hydrogen) atoms. The Morgan fingerprint density at radius 1 is 1.25 bits per heavy atom. The van der Waals surface area contributed by atoms with Crippen LogP contribution in [0, 0.1) is 5.41 Å². The van der Waals surface area contributed by atoms with Gasteiger partial charge in [-0.25, -0.2) is 0 Å². The molecule has 130 valence electrons. The lowest BCUT2D eigenvalue weighted by Gasteiger charge is -2.23. The number of amides is 1. The molecule has 0 saturated carbocycles. The van der Waals surface area contributed by atoms with Crippen molar-refractivity contribution < 1.29 is 18.0 Å². The van der Waals surface area contributed by atoms with E-state index in [1.807, 2.05) is 0 Å². The number of rotatable bonds is 2. The Morgan fingerprint density at radius 3 is 2.79 bits per heavy atom. The summed E-state index contributed by atoms with van der Waals surface area (Å²) in [6.45, 7) is 4.24. The van der Waals surface area contributed by atoms with Crippen LogP contribution in [0.2, 0.25) is 0 Å². The van der Waals surface area contributed by atoms with Gasteiger partial charge in [0.05, 0.1) is 5.56 Å². The Morgan fingerprint density at radius 2 is 2.08 bits per heavy atom. The van der Waals surface area contributed by atoms with Crippen LogP contribution in [0.15, 0.2) is 12.1 Å². The van der Waals surface area contributed by atoms with Gasteiger partial charge in [-0.2, -0.15) is 13.2 Å². The van der Waals surface area contributed by atoms with E-state index >= 15 is 0 Å². The molecule has 0 aliphatic carbocycles. The van der Waals surface area contributed by atoms with Crippen molar-refractivity contribution in [1.82, 2.24) is 15.5 Å². The molecule has 3 aliphatic rings. The number of carbonyl (C=O) groups excluding carboxylic acids is 1. The topological polar surface area (TPSA) is 44.4 Å². The molecule has 2 saturated heterocycles. The first kappa shape index (κ1) is 15.9. The van der Waals surface area contributed by atoms with Crippen molar-refractivity contribution in [3.05, 3.63) is 34.4 Å². The van der Waals surface area contributed by atoms with Crippen LogP contribution in [0.1, 0.15) is 39.9 Å². The first-order chi connectivity index (χ1) is 11.4. The van der Waals surface area contributed by atoms with Crippen LogP contribution in [-0.2, 0) is 19.3 Å². The summed E-state index contributed by atoms with van der Waals surface area (Å²) in [6.07, 6.45) is -2.23. The Kier molecular flexibility index (Phi) is 3.61. The lowest BCUT2D eigenvalue weighted by atomic mass is 9.86. The smallest absolute Gasteiger partial charge is 0.348 e. The van der Waals surface area contributed by atoms with Crippen LogP contribution in [0.4, 0.5) is 13.2 Å². The van der Waals surface area contributed by atoms with Gasteiger partial charge >= 0.3 is 6.18 Å². The van der Waals surface area contributed by atoms with Gasteiger partial charge in [-0.3, -0.25) is 9.69 Å². The fourth-order valence-corrected chi connectivity index (χ4v) is 4.30. The quantitative estimate of drug-likeness (QED) is 0.868. The Hall–Kier alpha value is -1.60. The first-order valence-electron chi connectivity index (χ1n) is 8.31. The third-order valence-electron chi connectivity index (χ3n) is 5.54. The van der Waals surface area contributed by atoms with Crippen molar-refractivity contribution in [1.29, 1.82) is 0 Å². The highest BCUT2D eigenvalue weighted by molar-refractivity contribution is 5.99. The van der Waals surface area contributed by atoms with Crippen LogP contribution in [0.5, 0.6) is 0 Å². The van der Waals surface area contributed by atoms with E-state index in [0.717, 1.165) is 39.0 Å². The molecule has 0 bridgehead atoms. The van der Waals surface area contributed by atoms with Gasteiger partial charge in [0.25, 0.3) is 5.91 Å². The molecule has 3 heterocycles. The summed E-state index contributed by atoms with van der Waals surface area (Å²) in [4.78, 5) is 14.0. The van der Waals surface area contributed by atoms with Gasteiger partial charge < -0.3 is 10.6 Å². The second-order valence-corrected chi connectivity index (χ2v) is 7.24. The molecule has 2 N–H and O–H groups in total. The minimum atomic E-state index is -4.44. The molecule has 4 rings (SSSR count). The fraction of sp³-hybridized carbons (Fsp3) is 0.588. The van der Waals surface area contributed by atoms with Gasteiger partial charge in [-0.15, -0.1) is 0 Å². The highest BCUT2D eigenvalue weighted by Crippen LogP contribution is 2.39. The lowest BCUT2D eigenvalue weighted by Crippen LogP contribution is -2.29. The van der Waals surface area contributed by atoms with Crippen molar-refractivity contribution >= 4 is 5.91 Å². The van der Waals surface area contributed by atoms with E-state index < -0.39 is 17.6 Å². The molecule has 1 atom stereocenters. The first-order valence-corrected chi connectivity index (χ1v) is 8.31. The summed E-state index contributed by atoms with van der Waals surface area (Å²) in [5.41, 5.74) is 0.428. The zero-order valence-electron chi connectivity index (χ0n) is 13.3. The van der Waals surface area contributed by atoms with Crippen molar-refractivity contribution in [2.24, 2.45) is 5.41 Å². The molecule has 2 fully saturated rings. The number of benzene rings is 1. The molecular weight excluding hydrogens is 319 g/mol. The van der Waals surface area contributed by atoms with E-state index in [-0.39, 0.29) is 23.1 Å². The van der Waals surface area contributed by atoms with Crippen molar-refractivity contribution in [3.8, 4) is 0 Å². The van der Waals surface area contributed by atoms with E-state index in [0.29, 0.717) is 12.1 Å². The number of hydrogen-bond acceptors (Lipinski definition) is 3. The van der Waals surface area contributed by atoms with Gasteiger partial charge in [-0.1, -0.05) is 0 Å². The van der Waals surface area contributed by atoms with Crippen molar-refractivity contribution in [2.75, 3.05) is 26.2 Å². The van der Waals surface area contributed by atoms with Crippen LogP contribution in [0.3, 0.4) is 0 Å². The highest BCUT2D eigenvalue weighted by Gasteiger charge is 2.41. The van der Waals surface area contributed by atoms with E-state index in [4.69, 9.17) is 0 Å². The number of alkyl halides is 3. The SMILES string of the molecule is O=C1NCc2c1cc(CN1CC[C@]3(CCNC3)C1)cc2C(F)(F)F. The molecule has 4 nitrogen and oxygen atoms in total. The monoisotopic (exact) mass is 339 g/mol. The van der Waals surface area contributed by atoms with Gasteiger partial charge in [0.15, 0.2) is 0 Å². The molecule has 1 aromatic carbocycles. The maximum Gasteiger partial charge on any atom is 0.416 e. The number of carbonyl (C=O) groups is 1. The fourth-order valence-electron chi connectivity index (χ4n) is 4.30. The number of nitrogens with zero attached hydrogens (tertiary/aromatic N) is 1. The van der Waals surface area contributed by atoms with Crippen LogP contribution in [0.25, 0.3) is 0 Å². The molecule has 7 heteroatoms. The number of nitrogens with one attached hydrogen (secondary N) is 2. The number of hydrogen-bond donors (Lipinski definition) is 2. The summed E-state index contributed by atoms with van der Waals surface area (Å²) < 4.78 is 40.0. The van der Waals surface area contributed by atoms with E-state index in [9.17, 15) is 18.0 Å². The average molecular weight is 339 g/mol. The normalized spacial score (nSPS) is 27.0. The number of halogens is 3. The zero-order chi connectivity index (χ0) is 16.9. The van der Waals surface area contributed by atoms with Gasteiger partial charge in [0.2, 0.25) is 0 Å². The predicted molar refractivity (Wildman–Crippen MR) is 82.4 cm³/mol. The maximum absolute atomic E-state index is 13.3. The summed E-state index contributed by atoms with van der Waals surface area (Å²) in [7, 11) is 0. The third-order valence-corrected chi connectivity index (χ3v) is 5.54. The molecule has 0 aromatic heterocycles. The molecule has 1 amide bonds. The van der Waals surface area contributed by atoms with E-state index in [1.165, 1.54) is 6.07 Å². The minimum Gasteiger partial charge on any atom is -0.348 e. The highest BCUT2D eigenvalue weighted by atomic mass is 19.4. The van der Waals surface area contributed by atoms with Gasteiger partial charge in [-0.05, 0) is 54.6 Å². The molecular formula is C17H20F3N3O. The van der Waals surface area contributed by atoms with E-state index in [2.05, 4.69) is 15.5 Å². The van der Waals surface area contributed by atoms with Crippen LogP contribution >= 0.6 is 0 Å². The van der Waals surface area contributed by atoms with E-state index in [1.54, 1.807) is 6.07 Å². The number of fused-ring (bicyclic) bond motifs is 1. The standard InChI is InChI=1S/C17H20F3N3O/c18-17(19,20)14-6-11(5-12-13(14)7-22-15(12)24)8-23-4-2-16(10-23)1-3-21-9-16/h5-6,21H,1-4,7-10H2,(H,22,24)/t16-/m0/s1. The average Bonchev–Trinajstić information content (AvgIpc) is 3.22. The van der Waals surface area contributed by atoms with Crippen molar-refractivity contribution in [2.45, 2.75) is 32.1 Å². The molecule has 1 aromatic rings. The number of likely N-dealkylation sites (tertiary alicyclic amines) is 1. The lowest BCUT2D eigenvalue weighted by molar-refractivity contribution is -0.138. The van der Waals surface area contributed by atoms with Crippen molar-refractivity contribution in [3.63, 3.8) is 0 Å².